The first kappa shape index (κ1) is 20.2. The van der Waals surface area contributed by atoms with E-state index in [0.717, 1.165) is 37.2 Å². The zero-order valence-corrected chi connectivity index (χ0v) is 16.8. The Hall–Kier alpha value is -2.50. The summed E-state index contributed by atoms with van der Waals surface area (Å²) in [5.41, 5.74) is 1.75. The van der Waals surface area contributed by atoms with Gasteiger partial charge in [-0.25, -0.2) is 4.39 Å². The van der Waals surface area contributed by atoms with Crippen molar-refractivity contribution in [3.63, 3.8) is 0 Å². The lowest BCUT2D eigenvalue weighted by Gasteiger charge is -2.32. The zero-order valence-electron chi connectivity index (χ0n) is 16.8. The molecule has 1 amide bonds. The summed E-state index contributed by atoms with van der Waals surface area (Å²) in [4.78, 5) is 14.3. The highest BCUT2D eigenvalue weighted by Crippen LogP contribution is 2.22. The van der Waals surface area contributed by atoms with Crippen LogP contribution in [0.5, 0.6) is 5.88 Å². The van der Waals surface area contributed by atoms with Crippen LogP contribution in [0.3, 0.4) is 0 Å². The number of likely N-dealkylation sites (tertiary alicyclic amines) is 1. The van der Waals surface area contributed by atoms with Gasteiger partial charge in [-0.05, 0) is 42.5 Å². The van der Waals surface area contributed by atoms with Crippen molar-refractivity contribution in [1.29, 1.82) is 0 Å². The Kier molecular flexibility index (Phi) is 6.27. The third kappa shape index (κ3) is 5.50. The van der Waals surface area contributed by atoms with Gasteiger partial charge >= 0.3 is 0 Å². The minimum Gasteiger partial charge on any atom is -0.476 e. The van der Waals surface area contributed by atoms with Gasteiger partial charge in [-0.2, -0.15) is 5.10 Å². The number of nitrogens with zero attached hydrogens (tertiary/aromatic N) is 3. The summed E-state index contributed by atoms with van der Waals surface area (Å²) in [7, 11) is 0. The average Bonchev–Trinajstić information content (AvgIpc) is 2.68. The van der Waals surface area contributed by atoms with Crippen LogP contribution < -0.4 is 4.74 Å². The molecule has 0 unspecified atom stereocenters. The number of halogens is 1. The molecule has 1 fully saturated rings. The molecule has 0 saturated carbocycles. The van der Waals surface area contributed by atoms with E-state index in [0.29, 0.717) is 24.8 Å². The molecule has 1 aromatic heterocycles. The molecular weight excluding hydrogens is 357 g/mol. The summed E-state index contributed by atoms with van der Waals surface area (Å²) in [6, 6.07) is 9.94. The summed E-state index contributed by atoms with van der Waals surface area (Å²) in [6.07, 6.45) is 2.13. The maximum atomic E-state index is 13.0. The van der Waals surface area contributed by atoms with E-state index in [1.807, 2.05) is 17.0 Å². The summed E-state index contributed by atoms with van der Waals surface area (Å²) >= 11 is 0. The summed E-state index contributed by atoms with van der Waals surface area (Å²) < 4.78 is 18.8. The van der Waals surface area contributed by atoms with Crippen LogP contribution >= 0.6 is 0 Å². The molecule has 0 N–H and O–H groups in total. The highest BCUT2D eigenvalue weighted by Gasteiger charge is 2.23. The first-order valence-electron chi connectivity index (χ1n) is 9.80. The molecule has 1 aromatic carbocycles. The average molecular weight is 385 g/mol. The lowest BCUT2D eigenvalue weighted by molar-refractivity contribution is -0.132. The van der Waals surface area contributed by atoms with Crippen LogP contribution in [-0.4, -0.2) is 40.7 Å². The topological polar surface area (TPSA) is 55.3 Å². The fraction of sp³-hybridized carbons (Fsp3) is 0.500. The second kappa shape index (κ2) is 8.67. The predicted octanol–water partition coefficient (Wildman–Crippen LogP) is 3.77. The Morgan fingerprint density at radius 1 is 1.11 bits per heavy atom. The molecule has 0 radical (unpaired) electrons. The lowest BCUT2D eigenvalue weighted by atomic mass is 9.92. The number of amides is 1. The number of hydrogen-bond donors (Lipinski definition) is 0. The van der Waals surface area contributed by atoms with E-state index in [1.54, 1.807) is 12.1 Å². The molecule has 0 spiro atoms. The van der Waals surface area contributed by atoms with Crippen LogP contribution in [0, 0.1) is 11.7 Å². The molecule has 150 valence electrons. The Morgan fingerprint density at radius 3 is 2.36 bits per heavy atom. The standard InChI is InChI=1S/C22H28FN3O2/c1-22(2,3)19-8-9-20(25-24-19)28-15-17-10-12-26(13-11-17)21(27)14-16-4-6-18(23)7-5-16/h4-9,17H,10-15H2,1-3H3. The van der Waals surface area contributed by atoms with Gasteiger partial charge in [0.15, 0.2) is 0 Å². The molecule has 6 heteroatoms. The highest BCUT2D eigenvalue weighted by atomic mass is 19.1. The molecule has 0 atom stereocenters. The number of hydrogen-bond acceptors (Lipinski definition) is 4. The third-order valence-electron chi connectivity index (χ3n) is 5.11. The zero-order chi connectivity index (χ0) is 20.1. The van der Waals surface area contributed by atoms with E-state index in [4.69, 9.17) is 4.74 Å². The van der Waals surface area contributed by atoms with Crippen molar-refractivity contribution < 1.29 is 13.9 Å². The molecular formula is C22H28FN3O2. The number of benzene rings is 1. The Morgan fingerprint density at radius 2 is 1.79 bits per heavy atom. The first-order valence-corrected chi connectivity index (χ1v) is 9.80. The second-order valence-electron chi connectivity index (χ2n) is 8.45. The second-order valence-corrected chi connectivity index (χ2v) is 8.45. The monoisotopic (exact) mass is 385 g/mol. The van der Waals surface area contributed by atoms with Gasteiger partial charge in [0.2, 0.25) is 11.8 Å². The van der Waals surface area contributed by atoms with Gasteiger partial charge in [-0.15, -0.1) is 5.10 Å². The van der Waals surface area contributed by atoms with Crippen LogP contribution in [-0.2, 0) is 16.6 Å². The minimum absolute atomic E-state index is 0.0290. The molecule has 2 aromatic rings. The van der Waals surface area contributed by atoms with Gasteiger partial charge < -0.3 is 9.64 Å². The number of carbonyl (C=O) groups excluding carboxylic acids is 1. The van der Waals surface area contributed by atoms with Crippen LogP contribution in [0.4, 0.5) is 4.39 Å². The molecule has 2 heterocycles. The predicted molar refractivity (Wildman–Crippen MR) is 106 cm³/mol. The Labute approximate surface area is 165 Å². The van der Waals surface area contributed by atoms with Crippen molar-refractivity contribution in [3.8, 4) is 5.88 Å². The first-order chi connectivity index (χ1) is 13.3. The smallest absolute Gasteiger partial charge is 0.233 e. The quantitative estimate of drug-likeness (QED) is 0.786. The highest BCUT2D eigenvalue weighted by molar-refractivity contribution is 5.78. The molecule has 1 saturated heterocycles. The van der Waals surface area contributed by atoms with Crippen LogP contribution in [0.2, 0.25) is 0 Å². The maximum absolute atomic E-state index is 13.0. The van der Waals surface area contributed by atoms with Crippen LogP contribution in [0.25, 0.3) is 0 Å². The van der Waals surface area contributed by atoms with Crippen molar-refractivity contribution >= 4 is 5.91 Å². The van der Waals surface area contributed by atoms with E-state index in [9.17, 15) is 9.18 Å². The third-order valence-corrected chi connectivity index (χ3v) is 5.11. The molecule has 5 nitrogen and oxygen atoms in total. The summed E-state index contributed by atoms with van der Waals surface area (Å²) in [5, 5.41) is 8.41. The number of rotatable bonds is 5. The van der Waals surface area contributed by atoms with Crippen molar-refractivity contribution in [3.05, 3.63) is 53.5 Å². The lowest BCUT2D eigenvalue weighted by Crippen LogP contribution is -2.40. The maximum Gasteiger partial charge on any atom is 0.233 e. The Bertz CT molecular complexity index is 777. The Balaban J connectivity index is 1.42. The van der Waals surface area contributed by atoms with Gasteiger partial charge in [-0.3, -0.25) is 4.79 Å². The number of carbonyl (C=O) groups is 1. The van der Waals surface area contributed by atoms with Crippen molar-refractivity contribution in [1.82, 2.24) is 15.1 Å². The van der Waals surface area contributed by atoms with Gasteiger partial charge in [0, 0.05) is 24.6 Å². The van der Waals surface area contributed by atoms with E-state index in [1.165, 1.54) is 12.1 Å². The fourth-order valence-corrected chi connectivity index (χ4v) is 3.24. The molecule has 0 bridgehead atoms. The van der Waals surface area contributed by atoms with Gasteiger partial charge in [0.25, 0.3) is 0 Å². The van der Waals surface area contributed by atoms with Crippen LogP contribution in [0.1, 0.15) is 44.9 Å². The van der Waals surface area contributed by atoms with E-state index in [-0.39, 0.29) is 17.1 Å². The van der Waals surface area contributed by atoms with E-state index in [2.05, 4.69) is 31.0 Å². The number of ether oxygens (including phenoxy) is 1. The van der Waals surface area contributed by atoms with E-state index >= 15 is 0 Å². The van der Waals surface area contributed by atoms with Crippen molar-refractivity contribution in [2.24, 2.45) is 5.92 Å². The molecule has 0 aliphatic carbocycles. The minimum atomic E-state index is -0.283. The normalized spacial score (nSPS) is 15.5. The fourth-order valence-electron chi connectivity index (χ4n) is 3.24. The van der Waals surface area contributed by atoms with Crippen molar-refractivity contribution in [2.75, 3.05) is 19.7 Å². The van der Waals surface area contributed by atoms with Crippen molar-refractivity contribution in [2.45, 2.75) is 45.4 Å². The number of aromatic nitrogens is 2. The van der Waals surface area contributed by atoms with Gasteiger partial charge in [0.05, 0.1) is 18.7 Å². The summed E-state index contributed by atoms with van der Waals surface area (Å²) in [6.45, 7) is 8.34. The number of piperidine rings is 1. The molecule has 28 heavy (non-hydrogen) atoms. The largest absolute Gasteiger partial charge is 0.476 e. The van der Waals surface area contributed by atoms with Gasteiger partial charge in [0.1, 0.15) is 5.82 Å². The molecule has 1 aliphatic heterocycles. The van der Waals surface area contributed by atoms with Gasteiger partial charge in [-0.1, -0.05) is 32.9 Å². The van der Waals surface area contributed by atoms with E-state index < -0.39 is 0 Å². The SMILES string of the molecule is CC(C)(C)c1ccc(OCC2CCN(C(=O)Cc3ccc(F)cc3)CC2)nn1. The molecule has 1 aliphatic rings. The molecule has 3 rings (SSSR count). The van der Waals surface area contributed by atoms with Crippen LogP contribution in [0.15, 0.2) is 36.4 Å². The summed E-state index contributed by atoms with van der Waals surface area (Å²) in [5.74, 6) is 0.756.